The van der Waals surface area contributed by atoms with Gasteiger partial charge in [0, 0.05) is 25.2 Å². The van der Waals surface area contributed by atoms with E-state index in [9.17, 15) is 4.79 Å². The lowest BCUT2D eigenvalue weighted by Gasteiger charge is -2.19. The second kappa shape index (κ2) is 10.6. The highest BCUT2D eigenvalue weighted by Gasteiger charge is 2.08. The third-order valence-corrected chi connectivity index (χ3v) is 3.19. The van der Waals surface area contributed by atoms with Crippen molar-refractivity contribution in [2.24, 2.45) is 0 Å². The SMILES string of the molecule is CCCc1c(C)cccc1N(Cl)CC.CCOC(C)=O. The highest BCUT2D eigenvalue weighted by Crippen LogP contribution is 2.26. The molecule has 20 heavy (non-hydrogen) atoms. The van der Waals surface area contributed by atoms with Gasteiger partial charge in [-0.3, -0.25) is 9.21 Å². The van der Waals surface area contributed by atoms with Crippen LogP contribution in [0.3, 0.4) is 0 Å². The lowest BCUT2D eigenvalue weighted by atomic mass is 10.0. The number of aryl methyl sites for hydroxylation is 1. The number of hydrogen-bond donors (Lipinski definition) is 0. The first kappa shape index (κ1) is 18.8. The molecule has 0 aliphatic rings. The van der Waals surface area contributed by atoms with Crippen LogP contribution in [0.25, 0.3) is 0 Å². The molecular formula is C16H26ClNO2. The summed E-state index contributed by atoms with van der Waals surface area (Å²) in [6.07, 6.45) is 2.26. The highest BCUT2D eigenvalue weighted by molar-refractivity contribution is 6.25. The van der Waals surface area contributed by atoms with Gasteiger partial charge in [0.1, 0.15) is 0 Å². The molecule has 0 atom stereocenters. The average molecular weight is 300 g/mol. The van der Waals surface area contributed by atoms with Crippen molar-refractivity contribution >= 4 is 23.4 Å². The standard InChI is InChI=1S/C12H18ClN.C4H8O2/c1-4-7-11-10(3)8-6-9-12(11)14(13)5-2;1-3-6-4(2)5/h6,8-9H,4-5,7H2,1-3H3;3H2,1-2H3. The monoisotopic (exact) mass is 299 g/mol. The van der Waals surface area contributed by atoms with Crippen molar-refractivity contribution in [1.82, 2.24) is 0 Å². The summed E-state index contributed by atoms with van der Waals surface area (Å²) in [5.41, 5.74) is 3.88. The van der Waals surface area contributed by atoms with Gasteiger partial charge in [0.2, 0.25) is 0 Å². The Labute approximate surface area is 128 Å². The summed E-state index contributed by atoms with van der Waals surface area (Å²) in [5, 5.41) is 0. The molecule has 0 N–H and O–H groups in total. The van der Waals surface area contributed by atoms with Crippen LogP contribution < -0.4 is 4.42 Å². The Bertz CT molecular complexity index is 407. The van der Waals surface area contributed by atoms with Gasteiger partial charge >= 0.3 is 5.97 Å². The predicted octanol–water partition coefficient (Wildman–Crippen LogP) is 4.50. The summed E-state index contributed by atoms with van der Waals surface area (Å²) in [4.78, 5) is 9.82. The van der Waals surface area contributed by atoms with Gasteiger partial charge < -0.3 is 4.74 Å². The number of carbonyl (C=O) groups excluding carboxylic acids is 1. The molecule has 0 heterocycles. The second-order valence-corrected chi connectivity index (χ2v) is 4.83. The zero-order valence-corrected chi connectivity index (χ0v) is 14.0. The molecule has 1 aromatic carbocycles. The average Bonchev–Trinajstić information content (AvgIpc) is 2.41. The second-order valence-electron chi connectivity index (χ2n) is 4.43. The van der Waals surface area contributed by atoms with Gasteiger partial charge in [-0.25, -0.2) is 0 Å². The van der Waals surface area contributed by atoms with Crippen LogP contribution in [0.1, 0.15) is 45.2 Å². The number of nitrogens with zero attached hydrogens (tertiary/aromatic N) is 1. The van der Waals surface area contributed by atoms with Crippen LogP contribution in [-0.4, -0.2) is 19.1 Å². The van der Waals surface area contributed by atoms with E-state index < -0.39 is 0 Å². The maximum atomic E-state index is 9.82. The molecule has 0 aliphatic carbocycles. The Morgan fingerprint density at radius 2 is 1.95 bits per heavy atom. The van der Waals surface area contributed by atoms with E-state index in [4.69, 9.17) is 11.8 Å². The third kappa shape index (κ3) is 6.80. The van der Waals surface area contributed by atoms with Gasteiger partial charge in [-0.2, -0.15) is 0 Å². The highest BCUT2D eigenvalue weighted by atomic mass is 35.5. The van der Waals surface area contributed by atoms with E-state index in [0.29, 0.717) is 6.61 Å². The van der Waals surface area contributed by atoms with Crippen molar-refractivity contribution in [2.75, 3.05) is 17.6 Å². The van der Waals surface area contributed by atoms with Crippen LogP contribution in [0.5, 0.6) is 0 Å². The molecule has 0 radical (unpaired) electrons. The summed E-state index contributed by atoms with van der Waals surface area (Å²) < 4.78 is 6.19. The first-order valence-electron chi connectivity index (χ1n) is 7.12. The molecule has 3 nitrogen and oxygen atoms in total. The Hall–Kier alpha value is -1.22. The van der Waals surface area contributed by atoms with Gasteiger partial charge in [0.05, 0.1) is 12.3 Å². The minimum absolute atomic E-state index is 0.211. The minimum atomic E-state index is -0.211. The Kier molecular flexibility index (Phi) is 9.91. The van der Waals surface area contributed by atoms with Gasteiger partial charge in [-0.15, -0.1) is 0 Å². The molecular weight excluding hydrogens is 274 g/mol. The van der Waals surface area contributed by atoms with E-state index in [1.165, 1.54) is 18.1 Å². The molecule has 0 saturated heterocycles. The fourth-order valence-corrected chi connectivity index (χ4v) is 2.02. The summed E-state index contributed by atoms with van der Waals surface area (Å²) in [5.74, 6) is -0.211. The predicted molar refractivity (Wildman–Crippen MR) is 86.4 cm³/mol. The number of rotatable bonds is 5. The van der Waals surface area contributed by atoms with Crippen molar-refractivity contribution in [3.05, 3.63) is 29.3 Å². The fraction of sp³-hybridized carbons (Fsp3) is 0.562. The molecule has 0 spiro atoms. The van der Waals surface area contributed by atoms with Crippen LogP contribution in [-0.2, 0) is 16.0 Å². The Morgan fingerprint density at radius 3 is 2.35 bits per heavy atom. The first-order chi connectivity index (χ1) is 9.47. The smallest absolute Gasteiger partial charge is 0.302 e. The van der Waals surface area contributed by atoms with Crippen LogP contribution in [0, 0.1) is 6.92 Å². The number of anilines is 1. The summed E-state index contributed by atoms with van der Waals surface area (Å²) in [6, 6.07) is 6.30. The topological polar surface area (TPSA) is 29.5 Å². The van der Waals surface area contributed by atoms with Gasteiger partial charge in [0.25, 0.3) is 0 Å². The fourth-order valence-electron chi connectivity index (χ4n) is 1.86. The van der Waals surface area contributed by atoms with Crippen molar-refractivity contribution in [1.29, 1.82) is 0 Å². The lowest BCUT2D eigenvalue weighted by molar-refractivity contribution is -0.140. The number of carbonyl (C=O) groups is 1. The van der Waals surface area contributed by atoms with E-state index in [1.54, 1.807) is 11.3 Å². The molecule has 0 amide bonds. The Balaban J connectivity index is 0.000000511. The number of hydrogen-bond acceptors (Lipinski definition) is 3. The molecule has 4 heteroatoms. The van der Waals surface area contributed by atoms with Crippen molar-refractivity contribution in [2.45, 2.75) is 47.5 Å². The van der Waals surface area contributed by atoms with Crippen LogP contribution >= 0.6 is 11.8 Å². The van der Waals surface area contributed by atoms with Gasteiger partial charge in [-0.1, -0.05) is 25.5 Å². The quantitative estimate of drug-likeness (QED) is 0.592. The summed E-state index contributed by atoms with van der Waals surface area (Å²) in [6.45, 7) is 10.9. The number of halogens is 1. The maximum absolute atomic E-state index is 9.82. The molecule has 1 rings (SSSR count). The number of ether oxygens (including phenoxy) is 1. The zero-order chi connectivity index (χ0) is 15.5. The number of benzene rings is 1. The van der Waals surface area contributed by atoms with E-state index in [-0.39, 0.29) is 5.97 Å². The molecule has 0 aliphatic heterocycles. The molecule has 114 valence electrons. The summed E-state index contributed by atoms with van der Waals surface area (Å²) >= 11 is 6.14. The minimum Gasteiger partial charge on any atom is -0.466 e. The van der Waals surface area contributed by atoms with Crippen LogP contribution in [0.15, 0.2) is 18.2 Å². The molecule has 1 aromatic rings. The van der Waals surface area contributed by atoms with Crippen LogP contribution in [0.4, 0.5) is 5.69 Å². The maximum Gasteiger partial charge on any atom is 0.302 e. The van der Waals surface area contributed by atoms with Gasteiger partial charge in [-0.05, 0) is 44.4 Å². The number of esters is 1. The Morgan fingerprint density at radius 1 is 1.30 bits per heavy atom. The third-order valence-electron chi connectivity index (χ3n) is 2.77. The summed E-state index contributed by atoms with van der Waals surface area (Å²) in [7, 11) is 0. The largest absolute Gasteiger partial charge is 0.466 e. The van der Waals surface area contributed by atoms with Gasteiger partial charge in [0.15, 0.2) is 0 Å². The van der Waals surface area contributed by atoms with E-state index in [0.717, 1.165) is 25.1 Å². The molecule has 0 saturated carbocycles. The first-order valence-corrected chi connectivity index (χ1v) is 7.46. The lowest BCUT2D eigenvalue weighted by Crippen LogP contribution is -2.11. The van der Waals surface area contributed by atoms with E-state index in [2.05, 4.69) is 43.7 Å². The zero-order valence-electron chi connectivity index (χ0n) is 13.2. The van der Waals surface area contributed by atoms with Crippen LogP contribution in [0.2, 0.25) is 0 Å². The van der Waals surface area contributed by atoms with Crippen molar-refractivity contribution in [3.63, 3.8) is 0 Å². The normalized spacial score (nSPS) is 9.50. The molecule has 0 aromatic heterocycles. The molecule has 0 fully saturated rings. The van der Waals surface area contributed by atoms with E-state index >= 15 is 0 Å². The van der Waals surface area contributed by atoms with E-state index in [1.807, 2.05) is 0 Å². The molecule has 0 unspecified atom stereocenters. The molecule has 0 bridgehead atoms. The van der Waals surface area contributed by atoms with Crippen molar-refractivity contribution in [3.8, 4) is 0 Å². The van der Waals surface area contributed by atoms with Crippen molar-refractivity contribution < 1.29 is 9.53 Å².